The molecule has 1 aliphatic rings. The Morgan fingerprint density at radius 3 is 2.31 bits per heavy atom. The molecule has 1 aliphatic heterocycles. The fraction of sp³-hybridized carbons (Fsp3) is 0.947. The van der Waals surface area contributed by atoms with E-state index in [1.165, 1.54) is 0 Å². The van der Waals surface area contributed by atoms with E-state index >= 15 is 0 Å². The normalized spacial score (nSPS) is 23.2. The first-order valence-electron chi connectivity index (χ1n) is 9.62. The Morgan fingerprint density at radius 1 is 1.23 bits per heavy atom. The van der Waals surface area contributed by atoms with Gasteiger partial charge < -0.3 is 13.8 Å². The second-order valence-corrected chi connectivity index (χ2v) is 9.85. The van der Waals surface area contributed by atoms with Gasteiger partial charge in [-0.3, -0.25) is 4.90 Å². The zero-order valence-corrected chi connectivity index (χ0v) is 18.8. The molecule has 0 saturated carbocycles. The zero-order chi connectivity index (χ0) is 19.9. The second kappa shape index (κ2) is 10.9. The first-order valence-corrected chi connectivity index (χ1v) is 10.8. The van der Waals surface area contributed by atoms with Crippen molar-refractivity contribution >= 4 is 8.53 Å². The molecule has 0 bridgehead atoms. The zero-order valence-electron chi connectivity index (χ0n) is 17.9. The first kappa shape index (κ1) is 23.8. The van der Waals surface area contributed by atoms with Crippen LogP contribution in [0.5, 0.6) is 0 Å². The average Bonchev–Trinajstić information content (AvgIpc) is 2.90. The van der Waals surface area contributed by atoms with E-state index in [1.807, 2.05) is 0 Å². The average molecular weight is 388 g/mol. The molecule has 6 nitrogen and oxygen atoms in total. The summed E-state index contributed by atoms with van der Waals surface area (Å²) in [5.74, 6) is 0. The highest BCUT2D eigenvalue weighted by atomic mass is 31.2. The third-order valence-corrected chi connectivity index (χ3v) is 6.68. The summed E-state index contributed by atoms with van der Waals surface area (Å²) in [4.78, 5) is 2.47. The predicted octanol–water partition coefficient (Wildman–Crippen LogP) is 4.17. The molecule has 1 rings (SSSR count). The lowest BCUT2D eigenvalue weighted by atomic mass is 10.1. The number of nitriles is 1. The Balaban J connectivity index is 2.87. The molecule has 0 aliphatic carbocycles. The molecule has 1 heterocycles. The molecule has 152 valence electrons. The van der Waals surface area contributed by atoms with Gasteiger partial charge in [-0.2, -0.15) is 5.26 Å². The number of rotatable bonds is 10. The topological polar surface area (TPSA) is 58.0 Å². The van der Waals surface area contributed by atoms with Crippen molar-refractivity contribution in [2.75, 3.05) is 26.9 Å². The number of methoxy groups -OCH3 is 1. The van der Waals surface area contributed by atoms with Gasteiger partial charge in [0.05, 0.1) is 31.8 Å². The SMILES string of the molecule is COC[C@@H]1C[C@@H](OP(OCCC#N)N(C(C)C)C(C)C)CN1C(C)(C)C. The van der Waals surface area contributed by atoms with E-state index < -0.39 is 8.53 Å². The molecule has 0 spiro atoms. The van der Waals surface area contributed by atoms with Crippen LogP contribution < -0.4 is 0 Å². The van der Waals surface area contributed by atoms with E-state index in [9.17, 15) is 0 Å². The van der Waals surface area contributed by atoms with Crippen molar-refractivity contribution in [3.05, 3.63) is 0 Å². The molecule has 26 heavy (non-hydrogen) atoms. The third kappa shape index (κ3) is 7.03. The lowest BCUT2D eigenvalue weighted by molar-refractivity contribution is 0.0576. The van der Waals surface area contributed by atoms with Crippen LogP contribution in [0.4, 0.5) is 0 Å². The fourth-order valence-electron chi connectivity index (χ4n) is 3.54. The number of hydrogen-bond acceptors (Lipinski definition) is 6. The van der Waals surface area contributed by atoms with Gasteiger partial charge in [0.15, 0.2) is 0 Å². The molecule has 3 atom stereocenters. The Morgan fingerprint density at radius 2 is 1.85 bits per heavy atom. The highest BCUT2D eigenvalue weighted by molar-refractivity contribution is 7.44. The first-order chi connectivity index (χ1) is 12.1. The summed E-state index contributed by atoms with van der Waals surface area (Å²) < 4.78 is 20.3. The Bertz CT molecular complexity index is 440. The van der Waals surface area contributed by atoms with Gasteiger partial charge >= 0.3 is 0 Å². The van der Waals surface area contributed by atoms with Crippen LogP contribution in [0.3, 0.4) is 0 Å². The minimum absolute atomic E-state index is 0.0709. The van der Waals surface area contributed by atoms with E-state index in [4.69, 9.17) is 19.0 Å². The van der Waals surface area contributed by atoms with Crippen LogP contribution in [-0.2, 0) is 13.8 Å². The molecule has 0 radical (unpaired) electrons. The maximum atomic E-state index is 8.84. The van der Waals surface area contributed by atoms with Crippen LogP contribution in [-0.4, -0.2) is 66.2 Å². The summed E-state index contributed by atoms with van der Waals surface area (Å²) in [6.07, 6.45) is 1.44. The standard InChI is InChI=1S/C19H38N3O3P/c1-15(2)22(16(3)4)26(24-11-9-10-20)25-18-12-17(14-23-8)21(13-18)19(5,6)7/h15-18H,9,11-14H2,1-8H3/t17-,18+,26?/m0/s1. The molecule has 0 aromatic heterocycles. The summed E-state index contributed by atoms with van der Waals surface area (Å²) in [7, 11) is 0.562. The summed E-state index contributed by atoms with van der Waals surface area (Å²) in [5, 5.41) is 8.84. The van der Waals surface area contributed by atoms with Crippen LogP contribution in [0.15, 0.2) is 0 Å². The lowest BCUT2D eigenvalue weighted by Gasteiger charge is -2.37. The fourth-order valence-corrected chi connectivity index (χ4v) is 5.26. The maximum Gasteiger partial charge on any atom is 0.259 e. The minimum atomic E-state index is -1.19. The maximum absolute atomic E-state index is 8.84. The smallest absolute Gasteiger partial charge is 0.259 e. The number of nitrogens with zero attached hydrogens (tertiary/aromatic N) is 3. The van der Waals surface area contributed by atoms with Gasteiger partial charge in [-0.15, -0.1) is 0 Å². The molecular formula is C19H38N3O3P. The molecule has 0 amide bonds. The molecule has 7 heteroatoms. The van der Waals surface area contributed by atoms with Crippen LogP contribution >= 0.6 is 8.53 Å². The minimum Gasteiger partial charge on any atom is -0.383 e. The van der Waals surface area contributed by atoms with Crippen molar-refractivity contribution in [2.24, 2.45) is 0 Å². The van der Waals surface area contributed by atoms with Gasteiger partial charge in [0.2, 0.25) is 0 Å². The van der Waals surface area contributed by atoms with Gasteiger partial charge in [0.1, 0.15) is 0 Å². The molecule has 0 aromatic rings. The molecule has 1 unspecified atom stereocenters. The van der Waals surface area contributed by atoms with Crippen LogP contribution in [0.1, 0.15) is 61.3 Å². The predicted molar refractivity (Wildman–Crippen MR) is 107 cm³/mol. The van der Waals surface area contributed by atoms with E-state index in [0.717, 1.165) is 13.0 Å². The Labute approximate surface area is 161 Å². The third-order valence-electron chi connectivity index (χ3n) is 4.50. The monoisotopic (exact) mass is 387 g/mol. The molecule has 1 fully saturated rings. The second-order valence-electron chi connectivity index (χ2n) is 8.44. The summed E-state index contributed by atoms with van der Waals surface area (Å²) >= 11 is 0. The van der Waals surface area contributed by atoms with Gasteiger partial charge in [0, 0.05) is 37.3 Å². The van der Waals surface area contributed by atoms with Crippen molar-refractivity contribution in [3.63, 3.8) is 0 Å². The number of ether oxygens (including phenoxy) is 1. The van der Waals surface area contributed by atoms with Crippen LogP contribution in [0.25, 0.3) is 0 Å². The van der Waals surface area contributed by atoms with Gasteiger partial charge in [-0.05, 0) is 54.9 Å². The van der Waals surface area contributed by atoms with Crippen molar-refractivity contribution < 1.29 is 13.8 Å². The molecule has 0 aromatic carbocycles. The van der Waals surface area contributed by atoms with Crippen molar-refractivity contribution in [1.82, 2.24) is 9.57 Å². The largest absolute Gasteiger partial charge is 0.383 e. The summed E-state index contributed by atoms with van der Waals surface area (Å²) in [6, 6.07) is 3.14. The number of likely N-dealkylation sites (tertiary alicyclic amines) is 1. The van der Waals surface area contributed by atoms with E-state index in [-0.39, 0.29) is 11.6 Å². The van der Waals surface area contributed by atoms with E-state index in [2.05, 4.69) is 64.1 Å². The molecule has 0 N–H and O–H groups in total. The van der Waals surface area contributed by atoms with E-state index in [0.29, 0.717) is 37.8 Å². The lowest BCUT2D eigenvalue weighted by Crippen LogP contribution is -2.46. The highest BCUT2D eigenvalue weighted by Crippen LogP contribution is 2.48. The van der Waals surface area contributed by atoms with Gasteiger partial charge in [0.25, 0.3) is 8.53 Å². The number of hydrogen-bond donors (Lipinski definition) is 0. The Hall–Kier alpha value is -0.280. The molecular weight excluding hydrogens is 349 g/mol. The Kier molecular flexibility index (Phi) is 9.96. The van der Waals surface area contributed by atoms with Crippen molar-refractivity contribution in [2.45, 2.75) is 91.1 Å². The quantitative estimate of drug-likeness (QED) is 0.414. The summed E-state index contributed by atoms with van der Waals surface area (Å²) in [5.41, 5.74) is 0.0709. The molecule has 1 saturated heterocycles. The summed E-state index contributed by atoms with van der Waals surface area (Å²) in [6.45, 7) is 17.4. The van der Waals surface area contributed by atoms with Gasteiger partial charge in [-0.1, -0.05) is 0 Å². The highest BCUT2D eigenvalue weighted by Gasteiger charge is 2.41. The van der Waals surface area contributed by atoms with E-state index in [1.54, 1.807) is 7.11 Å². The van der Waals surface area contributed by atoms with Crippen LogP contribution in [0.2, 0.25) is 0 Å². The van der Waals surface area contributed by atoms with Gasteiger partial charge in [-0.25, -0.2) is 4.67 Å². The van der Waals surface area contributed by atoms with Crippen molar-refractivity contribution in [3.8, 4) is 6.07 Å². The van der Waals surface area contributed by atoms with Crippen molar-refractivity contribution in [1.29, 1.82) is 5.26 Å². The van der Waals surface area contributed by atoms with Crippen LogP contribution in [0, 0.1) is 11.3 Å².